The summed E-state index contributed by atoms with van der Waals surface area (Å²) in [5.41, 5.74) is 4.43. The van der Waals surface area contributed by atoms with E-state index in [4.69, 9.17) is 9.72 Å². The molecule has 1 aliphatic carbocycles. The number of aryl methyl sites for hydroxylation is 3. The summed E-state index contributed by atoms with van der Waals surface area (Å²) >= 11 is 0. The van der Waals surface area contributed by atoms with E-state index in [1.807, 2.05) is 25.1 Å². The third-order valence-corrected chi connectivity index (χ3v) is 6.53. The molecule has 0 radical (unpaired) electrons. The summed E-state index contributed by atoms with van der Waals surface area (Å²) in [6.07, 6.45) is 6.44. The lowest BCUT2D eigenvalue weighted by atomic mass is 9.88. The zero-order valence-electron chi connectivity index (χ0n) is 19.6. The number of benzene rings is 2. The summed E-state index contributed by atoms with van der Waals surface area (Å²) in [6, 6.07) is 14.4. The first-order valence-corrected chi connectivity index (χ1v) is 12.0. The van der Waals surface area contributed by atoms with Crippen LogP contribution in [0.3, 0.4) is 0 Å². The van der Waals surface area contributed by atoms with Crippen LogP contribution < -0.4 is 10.1 Å². The fourth-order valence-corrected chi connectivity index (χ4v) is 4.69. The van der Waals surface area contributed by atoms with Crippen LogP contribution in [0, 0.1) is 19.8 Å². The Morgan fingerprint density at radius 1 is 1.16 bits per heavy atom. The van der Waals surface area contributed by atoms with Crippen molar-refractivity contribution in [1.82, 2.24) is 14.9 Å². The first kappa shape index (κ1) is 22.4. The molecular weight excluding hydrogens is 398 g/mol. The van der Waals surface area contributed by atoms with Gasteiger partial charge in [-0.2, -0.15) is 0 Å². The zero-order valence-corrected chi connectivity index (χ0v) is 19.6. The summed E-state index contributed by atoms with van der Waals surface area (Å²) in [5, 5.41) is 3.24. The summed E-state index contributed by atoms with van der Waals surface area (Å²) in [4.78, 5) is 17.7. The van der Waals surface area contributed by atoms with Gasteiger partial charge in [-0.05, 0) is 69.4 Å². The molecule has 1 aliphatic rings. The predicted octanol–water partition coefficient (Wildman–Crippen LogP) is 5.88. The summed E-state index contributed by atoms with van der Waals surface area (Å²) in [5.74, 6) is 2.19. The average molecular weight is 434 g/mol. The molecule has 1 heterocycles. The molecule has 32 heavy (non-hydrogen) atoms. The Hall–Kier alpha value is -2.82. The molecular formula is C27H35N3O2. The second kappa shape index (κ2) is 10.2. The number of nitrogens with one attached hydrogen (secondary N) is 1. The van der Waals surface area contributed by atoms with Gasteiger partial charge in [0.1, 0.15) is 11.6 Å². The second-order valence-corrected chi connectivity index (χ2v) is 9.15. The van der Waals surface area contributed by atoms with Gasteiger partial charge in [0.25, 0.3) is 0 Å². The normalized spacial score (nSPS) is 15.6. The van der Waals surface area contributed by atoms with Gasteiger partial charge in [0.15, 0.2) is 0 Å². The molecule has 5 heteroatoms. The number of carbonyl (C=O) groups is 1. The Morgan fingerprint density at radius 3 is 2.75 bits per heavy atom. The van der Waals surface area contributed by atoms with Gasteiger partial charge in [0.2, 0.25) is 5.91 Å². The van der Waals surface area contributed by atoms with Crippen molar-refractivity contribution in [2.75, 3.05) is 6.61 Å². The minimum atomic E-state index is -0.128. The molecule has 170 valence electrons. The van der Waals surface area contributed by atoms with Crippen LogP contribution in [0.5, 0.6) is 5.75 Å². The monoisotopic (exact) mass is 433 g/mol. The Morgan fingerprint density at radius 2 is 1.94 bits per heavy atom. The van der Waals surface area contributed by atoms with Crippen LogP contribution in [0.2, 0.25) is 0 Å². The number of carbonyl (C=O) groups excluding carboxylic acids is 1. The topological polar surface area (TPSA) is 56.1 Å². The number of hydrogen-bond acceptors (Lipinski definition) is 3. The van der Waals surface area contributed by atoms with Crippen molar-refractivity contribution in [3.63, 3.8) is 0 Å². The van der Waals surface area contributed by atoms with Gasteiger partial charge in [-0.1, -0.05) is 43.5 Å². The van der Waals surface area contributed by atoms with Crippen LogP contribution >= 0.6 is 0 Å². The summed E-state index contributed by atoms with van der Waals surface area (Å²) in [6.45, 7) is 7.64. The molecule has 0 bridgehead atoms. The molecule has 1 N–H and O–H groups in total. The SMILES string of the molecule is Cc1ccc(C)c(OCCCn2c(C(C)NC(=O)C3CCCCC3)nc3ccccc32)c1. The molecule has 2 aromatic carbocycles. The van der Waals surface area contributed by atoms with E-state index >= 15 is 0 Å². The highest BCUT2D eigenvalue weighted by Crippen LogP contribution is 2.26. The molecule has 5 nitrogen and oxygen atoms in total. The smallest absolute Gasteiger partial charge is 0.223 e. The van der Waals surface area contributed by atoms with Gasteiger partial charge in [-0.25, -0.2) is 4.98 Å². The van der Waals surface area contributed by atoms with E-state index in [0.29, 0.717) is 6.61 Å². The van der Waals surface area contributed by atoms with E-state index in [1.54, 1.807) is 0 Å². The minimum Gasteiger partial charge on any atom is -0.493 e. The largest absolute Gasteiger partial charge is 0.493 e. The quantitative estimate of drug-likeness (QED) is 0.451. The highest BCUT2D eigenvalue weighted by atomic mass is 16.5. The van der Waals surface area contributed by atoms with Gasteiger partial charge in [-0.15, -0.1) is 0 Å². The number of aromatic nitrogens is 2. The highest BCUT2D eigenvalue weighted by Gasteiger charge is 2.24. The van der Waals surface area contributed by atoms with Gasteiger partial charge in [-0.3, -0.25) is 4.79 Å². The third-order valence-electron chi connectivity index (χ3n) is 6.53. The molecule has 1 amide bonds. The molecule has 1 atom stereocenters. The maximum absolute atomic E-state index is 12.8. The lowest BCUT2D eigenvalue weighted by molar-refractivity contribution is -0.126. The average Bonchev–Trinajstić information content (AvgIpc) is 3.18. The number of fused-ring (bicyclic) bond motifs is 1. The molecule has 1 unspecified atom stereocenters. The molecule has 1 fully saturated rings. The van der Waals surface area contributed by atoms with Crippen molar-refractivity contribution < 1.29 is 9.53 Å². The van der Waals surface area contributed by atoms with Crippen LogP contribution in [0.25, 0.3) is 11.0 Å². The van der Waals surface area contributed by atoms with Crippen molar-refractivity contribution in [2.24, 2.45) is 5.92 Å². The lowest BCUT2D eigenvalue weighted by Crippen LogP contribution is -2.35. The van der Waals surface area contributed by atoms with Gasteiger partial charge in [0.05, 0.1) is 23.7 Å². The Labute approximate surface area is 191 Å². The first-order chi connectivity index (χ1) is 15.5. The number of rotatable bonds is 8. The molecule has 0 saturated heterocycles. The van der Waals surface area contributed by atoms with Gasteiger partial charge in [0, 0.05) is 12.5 Å². The molecule has 0 spiro atoms. The van der Waals surface area contributed by atoms with Crippen LogP contribution in [0.1, 0.15) is 68.4 Å². The summed E-state index contributed by atoms with van der Waals surface area (Å²) < 4.78 is 8.31. The molecule has 4 rings (SSSR count). The first-order valence-electron chi connectivity index (χ1n) is 12.0. The van der Waals surface area contributed by atoms with Crippen molar-refractivity contribution >= 4 is 16.9 Å². The van der Waals surface area contributed by atoms with Crippen LogP contribution in [-0.2, 0) is 11.3 Å². The highest BCUT2D eigenvalue weighted by molar-refractivity contribution is 5.80. The van der Waals surface area contributed by atoms with E-state index in [1.165, 1.54) is 12.0 Å². The molecule has 3 aromatic rings. The maximum Gasteiger partial charge on any atom is 0.223 e. The van der Waals surface area contributed by atoms with E-state index in [9.17, 15) is 4.79 Å². The zero-order chi connectivity index (χ0) is 22.5. The van der Waals surface area contributed by atoms with E-state index in [-0.39, 0.29) is 17.9 Å². The maximum atomic E-state index is 12.8. The number of hydrogen-bond donors (Lipinski definition) is 1. The molecule has 1 aromatic heterocycles. The fraction of sp³-hybridized carbons (Fsp3) is 0.481. The van der Waals surface area contributed by atoms with Gasteiger partial charge >= 0.3 is 0 Å². The van der Waals surface area contributed by atoms with Crippen LogP contribution in [0.15, 0.2) is 42.5 Å². The Bertz CT molecular complexity index is 1070. The number of nitrogens with zero attached hydrogens (tertiary/aromatic N) is 2. The Balaban J connectivity index is 1.45. The second-order valence-electron chi connectivity index (χ2n) is 9.15. The van der Waals surface area contributed by atoms with Crippen LogP contribution in [-0.4, -0.2) is 22.1 Å². The predicted molar refractivity (Wildman–Crippen MR) is 129 cm³/mol. The van der Waals surface area contributed by atoms with E-state index in [2.05, 4.69) is 48.0 Å². The van der Waals surface area contributed by atoms with E-state index in [0.717, 1.165) is 66.8 Å². The van der Waals surface area contributed by atoms with Crippen LogP contribution in [0.4, 0.5) is 0 Å². The van der Waals surface area contributed by atoms with Crippen molar-refractivity contribution in [3.05, 3.63) is 59.4 Å². The van der Waals surface area contributed by atoms with Crippen molar-refractivity contribution in [3.8, 4) is 5.75 Å². The lowest BCUT2D eigenvalue weighted by Gasteiger charge is -2.23. The third kappa shape index (κ3) is 5.14. The van der Waals surface area contributed by atoms with Crippen molar-refractivity contribution in [2.45, 2.75) is 71.9 Å². The number of para-hydroxylation sites is 2. The molecule has 1 saturated carbocycles. The van der Waals surface area contributed by atoms with Crippen molar-refractivity contribution in [1.29, 1.82) is 0 Å². The fourth-order valence-electron chi connectivity index (χ4n) is 4.69. The minimum absolute atomic E-state index is 0.128. The number of amides is 1. The number of ether oxygens (including phenoxy) is 1. The summed E-state index contributed by atoms with van der Waals surface area (Å²) in [7, 11) is 0. The Kier molecular flexibility index (Phi) is 7.13. The van der Waals surface area contributed by atoms with E-state index < -0.39 is 0 Å². The van der Waals surface area contributed by atoms with Gasteiger partial charge < -0.3 is 14.6 Å². The number of imidazole rings is 1. The standard InChI is InChI=1S/C27H35N3O2/c1-19-14-15-20(2)25(18-19)32-17-9-16-30-24-13-8-7-12-23(24)29-26(30)21(3)28-27(31)22-10-5-4-6-11-22/h7-8,12-15,18,21-22H,4-6,9-11,16-17H2,1-3H3,(H,28,31). The molecule has 0 aliphatic heterocycles.